The van der Waals surface area contributed by atoms with Gasteiger partial charge in [-0.25, -0.2) is 4.21 Å². The van der Waals surface area contributed by atoms with Crippen LogP contribution in [0.25, 0.3) is 0 Å². The van der Waals surface area contributed by atoms with Crippen LogP contribution in [-0.4, -0.2) is 65.9 Å². The summed E-state index contributed by atoms with van der Waals surface area (Å²) in [6.45, 7) is 3.86. The number of carbonyl (C=O) groups is 2. The van der Waals surface area contributed by atoms with Crippen molar-refractivity contribution in [2.24, 2.45) is 22.1 Å². The van der Waals surface area contributed by atoms with Gasteiger partial charge in [-0.1, -0.05) is 67.1 Å². The van der Waals surface area contributed by atoms with E-state index in [2.05, 4.69) is 32.2 Å². The molecule has 2 heterocycles. The van der Waals surface area contributed by atoms with Gasteiger partial charge in [0, 0.05) is 42.6 Å². The molecule has 0 radical (unpaired) electrons. The first-order valence-electron chi connectivity index (χ1n) is 18.4. The standard InChI is InChI=1S/C41H48ClN3O6S/c1-27-8-6-12-37(50-2)33-16-13-31(33)23-45-25-41(19-7-11-29-21-32(42)15-17-34(29)41)26-51-38-18-14-30(22-35(38)45)39(47)43-52(49,24-27)44-40(48)36(46)20-28-9-4-3-5-10-28/h3-6,9-10,12,14-15,17-18,21-22,27,31,33,36-37,46H,7-8,11,13,16,19-20,23-26H2,1-2H3,(H,43,44,47,48,49)/b12-6+/t27-,31-,33+,36-,37-,41-,52-/m0/s1. The number of halogens is 1. The Labute approximate surface area is 312 Å². The van der Waals surface area contributed by atoms with E-state index in [0.717, 1.165) is 54.9 Å². The highest BCUT2D eigenvalue weighted by Gasteiger charge is 2.44. The normalized spacial score (nSPS) is 30.0. The fourth-order valence-electron chi connectivity index (χ4n) is 8.52. The minimum Gasteiger partial charge on any atom is -0.490 e. The molecule has 0 aromatic heterocycles. The van der Waals surface area contributed by atoms with E-state index in [0.29, 0.717) is 37.2 Å². The first-order valence-corrected chi connectivity index (χ1v) is 20.4. The van der Waals surface area contributed by atoms with Crippen LogP contribution in [0, 0.1) is 17.8 Å². The highest BCUT2D eigenvalue weighted by atomic mass is 35.5. The second kappa shape index (κ2) is 15.3. The summed E-state index contributed by atoms with van der Waals surface area (Å²) in [6.07, 6.45) is 8.26. The number of amides is 2. The Hall–Kier alpha value is -3.70. The number of aliphatic hydroxyl groups excluding tert-OH is 1. The largest absolute Gasteiger partial charge is 0.490 e. The first kappa shape index (κ1) is 36.6. The maximum absolute atomic E-state index is 14.5. The number of hydrogen-bond acceptors (Lipinski definition) is 7. The third kappa shape index (κ3) is 7.81. The van der Waals surface area contributed by atoms with E-state index >= 15 is 0 Å². The molecule has 2 bridgehead atoms. The lowest BCUT2D eigenvalue weighted by Gasteiger charge is -2.46. The van der Waals surface area contributed by atoms with Crippen LogP contribution in [-0.2, 0) is 37.7 Å². The number of hydrogen-bond donors (Lipinski definition) is 2. The molecule has 276 valence electrons. The van der Waals surface area contributed by atoms with Crippen molar-refractivity contribution in [1.29, 1.82) is 0 Å². The molecule has 9 nitrogen and oxygen atoms in total. The Morgan fingerprint density at radius 3 is 2.77 bits per heavy atom. The zero-order chi connectivity index (χ0) is 36.5. The molecule has 0 saturated heterocycles. The predicted octanol–water partition coefficient (Wildman–Crippen LogP) is 6.69. The van der Waals surface area contributed by atoms with Gasteiger partial charge in [0.2, 0.25) is 0 Å². The summed E-state index contributed by atoms with van der Waals surface area (Å²) >= 11 is 6.45. The predicted molar refractivity (Wildman–Crippen MR) is 204 cm³/mol. The SMILES string of the molecule is CO[C@H]1/C=C/C[C@H](C)C[S@@](=O)(NC(=O)[C@@H](O)Cc2ccccc2)=NC(=O)c2ccc3c(c2)N(C[C@@H]2CC[C@H]21)C[C@@]1(CCCc2cc(Cl)ccc21)CO3. The summed E-state index contributed by atoms with van der Waals surface area (Å²) < 4.78 is 33.9. The van der Waals surface area contributed by atoms with Gasteiger partial charge in [-0.05, 0) is 103 Å². The highest BCUT2D eigenvalue weighted by molar-refractivity contribution is 7.92. The molecule has 2 aliphatic carbocycles. The molecule has 2 amide bonds. The van der Waals surface area contributed by atoms with E-state index in [-0.39, 0.29) is 35.2 Å². The van der Waals surface area contributed by atoms with Gasteiger partial charge in [0.05, 0.1) is 24.2 Å². The minimum atomic E-state index is -3.63. The maximum Gasteiger partial charge on any atom is 0.286 e. The van der Waals surface area contributed by atoms with E-state index in [1.54, 1.807) is 31.4 Å². The monoisotopic (exact) mass is 745 g/mol. The van der Waals surface area contributed by atoms with Gasteiger partial charge in [-0.15, -0.1) is 4.36 Å². The summed E-state index contributed by atoms with van der Waals surface area (Å²) in [5.41, 5.74) is 4.04. The van der Waals surface area contributed by atoms with E-state index in [4.69, 9.17) is 21.1 Å². The molecular formula is C41H48ClN3O6S. The Morgan fingerprint density at radius 2 is 2.00 bits per heavy atom. The Bertz CT molecular complexity index is 1960. The fraction of sp³-hybridized carbons (Fsp3) is 0.463. The van der Waals surface area contributed by atoms with Crippen LogP contribution in [0.5, 0.6) is 5.75 Å². The van der Waals surface area contributed by atoms with Crippen molar-refractivity contribution in [2.75, 3.05) is 37.5 Å². The molecule has 1 saturated carbocycles. The lowest BCUT2D eigenvalue weighted by atomic mass is 9.68. The Morgan fingerprint density at radius 1 is 1.17 bits per heavy atom. The molecule has 2 aliphatic heterocycles. The molecule has 4 aliphatic rings. The molecular weight excluding hydrogens is 698 g/mol. The van der Waals surface area contributed by atoms with Crippen molar-refractivity contribution >= 4 is 39.0 Å². The molecule has 7 rings (SSSR count). The summed E-state index contributed by atoms with van der Waals surface area (Å²) in [5, 5.41) is 11.5. The zero-order valence-corrected chi connectivity index (χ0v) is 31.4. The molecule has 3 aromatic rings. The van der Waals surface area contributed by atoms with Gasteiger partial charge >= 0.3 is 0 Å². The van der Waals surface area contributed by atoms with Crippen LogP contribution in [0.15, 0.2) is 83.2 Å². The number of fused-ring (bicyclic) bond motifs is 4. The van der Waals surface area contributed by atoms with Crippen molar-refractivity contribution in [3.63, 3.8) is 0 Å². The summed E-state index contributed by atoms with van der Waals surface area (Å²) in [5.74, 6) is -0.424. The average molecular weight is 746 g/mol. The minimum absolute atomic E-state index is 0.0364. The van der Waals surface area contributed by atoms with Crippen molar-refractivity contribution < 1.29 is 28.4 Å². The van der Waals surface area contributed by atoms with Crippen LogP contribution in [0.2, 0.25) is 5.02 Å². The molecule has 11 heteroatoms. The van der Waals surface area contributed by atoms with Gasteiger partial charge < -0.3 is 19.5 Å². The molecule has 1 spiro atoms. The average Bonchev–Trinajstić information content (AvgIpc) is 3.26. The number of rotatable bonds is 5. The number of nitrogens with one attached hydrogen (secondary N) is 1. The van der Waals surface area contributed by atoms with Gasteiger partial charge in [0.25, 0.3) is 11.8 Å². The highest BCUT2D eigenvalue weighted by Crippen LogP contribution is 2.47. The molecule has 2 N–H and O–H groups in total. The van der Waals surface area contributed by atoms with Crippen molar-refractivity contribution in [1.82, 2.24) is 4.72 Å². The topological polar surface area (TPSA) is 118 Å². The Kier molecular flexibility index (Phi) is 10.8. The number of aliphatic hydroxyl groups is 1. The molecule has 3 aromatic carbocycles. The van der Waals surface area contributed by atoms with Crippen LogP contribution >= 0.6 is 11.6 Å². The van der Waals surface area contributed by atoms with Gasteiger partial charge in [-0.2, -0.15) is 0 Å². The quantitative estimate of drug-likeness (QED) is 0.280. The van der Waals surface area contributed by atoms with Gasteiger partial charge in [0.1, 0.15) is 21.8 Å². The summed E-state index contributed by atoms with van der Waals surface area (Å²) in [6, 6.07) is 20.6. The number of carbonyl (C=O) groups excluding carboxylic acids is 2. The third-order valence-electron chi connectivity index (χ3n) is 11.3. The number of aryl methyl sites for hydroxylation is 1. The summed E-state index contributed by atoms with van der Waals surface area (Å²) in [4.78, 5) is 29.6. The van der Waals surface area contributed by atoms with Crippen molar-refractivity contribution in [2.45, 2.75) is 69.5 Å². The van der Waals surface area contributed by atoms with Crippen LogP contribution < -0.4 is 14.4 Å². The molecule has 0 unspecified atom stereocenters. The third-order valence-corrected chi connectivity index (χ3v) is 13.6. The number of methoxy groups -OCH3 is 1. The molecule has 1 fully saturated rings. The van der Waals surface area contributed by atoms with E-state index in [9.17, 15) is 18.9 Å². The fourth-order valence-corrected chi connectivity index (χ4v) is 10.7. The lowest BCUT2D eigenvalue weighted by Crippen LogP contribution is -2.49. The van der Waals surface area contributed by atoms with Crippen molar-refractivity contribution in [3.8, 4) is 5.75 Å². The van der Waals surface area contributed by atoms with E-state index in [1.165, 1.54) is 11.1 Å². The zero-order valence-electron chi connectivity index (χ0n) is 29.8. The maximum atomic E-state index is 14.5. The number of benzene rings is 3. The van der Waals surface area contributed by atoms with Gasteiger partial charge in [0.15, 0.2) is 0 Å². The number of allylic oxidation sites excluding steroid dienone is 1. The first-order chi connectivity index (χ1) is 25.0. The van der Waals surface area contributed by atoms with E-state index in [1.807, 2.05) is 43.3 Å². The molecule has 52 heavy (non-hydrogen) atoms. The van der Waals surface area contributed by atoms with Crippen LogP contribution in [0.1, 0.15) is 66.1 Å². The van der Waals surface area contributed by atoms with Crippen molar-refractivity contribution in [3.05, 3.63) is 106 Å². The number of ether oxygens (including phenoxy) is 2. The second-order valence-electron chi connectivity index (χ2n) is 15.1. The van der Waals surface area contributed by atoms with Crippen LogP contribution in [0.3, 0.4) is 0 Å². The summed E-state index contributed by atoms with van der Waals surface area (Å²) in [7, 11) is -1.88. The second-order valence-corrected chi connectivity index (χ2v) is 17.6. The van der Waals surface area contributed by atoms with Gasteiger partial charge in [-0.3, -0.25) is 14.3 Å². The smallest absolute Gasteiger partial charge is 0.286 e. The number of anilines is 1. The van der Waals surface area contributed by atoms with E-state index < -0.39 is 27.8 Å². The lowest BCUT2D eigenvalue weighted by molar-refractivity contribution is -0.127. The molecule has 7 atom stereocenters. The Balaban J connectivity index is 1.26. The number of nitrogens with zero attached hydrogens (tertiary/aromatic N) is 2. The van der Waals surface area contributed by atoms with Crippen LogP contribution in [0.4, 0.5) is 5.69 Å².